The average Bonchev–Trinajstić information content (AvgIpc) is 2.02. The molecule has 0 saturated heterocycles. The second-order valence-corrected chi connectivity index (χ2v) is 3.15. The van der Waals surface area contributed by atoms with Crippen molar-refractivity contribution in [3.05, 3.63) is 0 Å². The van der Waals surface area contributed by atoms with Gasteiger partial charge in [-0.05, 0) is 6.42 Å². The van der Waals surface area contributed by atoms with E-state index in [0.29, 0.717) is 5.96 Å². The van der Waals surface area contributed by atoms with Crippen molar-refractivity contribution < 1.29 is 4.99 Å². The molecule has 12 heavy (non-hydrogen) atoms. The van der Waals surface area contributed by atoms with E-state index in [9.17, 15) is 0 Å². The maximum atomic E-state index is 5.24. The smallest absolute Gasteiger partial charge is 0.291 e. The Morgan fingerprint density at radius 1 is 1.00 bits per heavy atom. The summed E-state index contributed by atoms with van der Waals surface area (Å²) >= 11 is 0. The van der Waals surface area contributed by atoms with Crippen molar-refractivity contribution in [1.29, 1.82) is 0 Å². The van der Waals surface area contributed by atoms with Crippen molar-refractivity contribution >= 4 is 5.96 Å². The molecular weight excluding hydrogens is 150 g/mol. The van der Waals surface area contributed by atoms with Crippen LogP contribution < -0.4 is 16.5 Å². The van der Waals surface area contributed by atoms with Gasteiger partial charge in [0.05, 0.1) is 6.54 Å². The SMILES string of the molecule is CCCCCCCC[NH+]=C(N)N. The topological polar surface area (TPSA) is 66.0 Å². The Morgan fingerprint density at radius 2 is 1.58 bits per heavy atom. The summed E-state index contributed by atoms with van der Waals surface area (Å²) in [5, 5.41) is 0. The fourth-order valence-electron chi connectivity index (χ4n) is 1.14. The van der Waals surface area contributed by atoms with Gasteiger partial charge in [0.2, 0.25) is 0 Å². The van der Waals surface area contributed by atoms with Gasteiger partial charge in [-0.3, -0.25) is 16.5 Å². The first-order chi connectivity index (χ1) is 5.77. The molecule has 3 heteroatoms. The Bertz CT molecular complexity index is 117. The van der Waals surface area contributed by atoms with Gasteiger partial charge in [-0.2, -0.15) is 0 Å². The minimum Gasteiger partial charge on any atom is -0.291 e. The number of nitrogens with two attached hydrogens (primary N) is 2. The van der Waals surface area contributed by atoms with Crippen molar-refractivity contribution in [3.63, 3.8) is 0 Å². The molecule has 0 aliphatic heterocycles. The molecule has 0 saturated carbocycles. The molecule has 0 bridgehead atoms. The lowest BCUT2D eigenvalue weighted by molar-refractivity contribution is -0.459. The normalized spacial score (nSPS) is 9.75. The number of unbranched alkanes of at least 4 members (excludes halogenated alkanes) is 5. The molecule has 0 aromatic heterocycles. The van der Waals surface area contributed by atoms with Gasteiger partial charge in [-0.1, -0.05) is 39.0 Å². The molecule has 72 valence electrons. The molecule has 0 rings (SSSR count). The van der Waals surface area contributed by atoms with Gasteiger partial charge in [0.1, 0.15) is 0 Å². The Morgan fingerprint density at radius 3 is 2.17 bits per heavy atom. The third-order valence-corrected chi connectivity index (χ3v) is 1.86. The molecule has 0 heterocycles. The van der Waals surface area contributed by atoms with Gasteiger partial charge in [0.15, 0.2) is 0 Å². The standard InChI is InChI=1S/C9H21N3/c1-2-3-4-5-6-7-8-12-9(10)11/h2-8H2,1H3,(H4,10,11,12)/p+1. The van der Waals surface area contributed by atoms with Crippen LogP contribution in [0.4, 0.5) is 0 Å². The van der Waals surface area contributed by atoms with Gasteiger partial charge in [0.25, 0.3) is 0 Å². The van der Waals surface area contributed by atoms with E-state index >= 15 is 0 Å². The number of nitrogens with one attached hydrogen (secondary N) is 1. The maximum Gasteiger partial charge on any atom is 0.338 e. The monoisotopic (exact) mass is 172 g/mol. The molecule has 0 amide bonds. The Kier molecular flexibility index (Phi) is 7.86. The third kappa shape index (κ3) is 9.27. The van der Waals surface area contributed by atoms with Crippen LogP contribution in [-0.4, -0.2) is 12.5 Å². The van der Waals surface area contributed by atoms with Crippen LogP contribution in [0.15, 0.2) is 0 Å². The van der Waals surface area contributed by atoms with Crippen LogP contribution in [0.25, 0.3) is 0 Å². The van der Waals surface area contributed by atoms with Crippen LogP contribution in [0, 0.1) is 0 Å². The summed E-state index contributed by atoms with van der Waals surface area (Å²) in [6.45, 7) is 3.14. The van der Waals surface area contributed by atoms with Crippen LogP contribution in [-0.2, 0) is 0 Å². The Hall–Kier alpha value is -0.730. The zero-order valence-corrected chi connectivity index (χ0v) is 8.10. The van der Waals surface area contributed by atoms with Gasteiger partial charge >= 0.3 is 5.96 Å². The Labute approximate surface area is 75.2 Å². The van der Waals surface area contributed by atoms with Crippen molar-refractivity contribution in [3.8, 4) is 0 Å². The minimum atomic E-state index is 0.337. The summed E-state index contributed by atoms with van der Waals surface area (Å²) in [6.07, 6.45) is 7.81. The zero-order valence-electron chi connectivity index (χ0n) is 8.10. The van der Waals surface area contributed by atoms with Gasteiger partial charge in [0, 0.05) is 0 Å². The molecule has 0 aliphatic rings. The van der Waals surface area contributed by atoms with Crippen molar-refractivity contribution in [2.24, 2.45) is 11.5 Å². The molecule has 0 atom stereocenters. The van der Waals surface area contributed by atoms with E-state index in [1.54, 1.807) is 0 Å². The molecule has 0 aromatic rings. The van der Waals surface area contributed by atoms with Crippen LogP contribution >= 0.6 is 0 Å². The predicted octanol–water partition coefficient (Wildman–Crippen LogP) is -0.299. The van der Waals surface area contributed by atoms with Crippen LogP contribution in [0.1, 0.15) is 45.4 Å². The second kappa shape index (κ2) is 8.37. The summed E-state index contributed by atoms with van der Waals surface area (Å²) in [6, 6.07) is 0. The summed E-state index contributed by atoms with van der Waals surface area (Å²) in [7, 11) is 0. The van der Waals surface area contributed by atoms with E-state index < -0.39 is 0 Å². The van der Waals surface area contributed by atoms with Crippen molar-refractivity contribution in [2.45, 2.75) is 45.4 Å². The van der Waals surface area contributed by atoms with E-state index in [0.717, 1.165) is 6.54 Å². The highest BCUT2D eigenvalue weighted by Gasteiger charge is 1.90. The predicted molar refractivity (Wildman–Crippen MR) is 52.6 cm³/mol. The summed E-state index contributed by atoms with van der Waals surface area (Å²) < 4.78 is 0. The van der Waals surface area contributed by atoms with Crippen LogP contribution in [0.2, 0.25) is 0 Å². The quantitative estimate of drug-likeness (QED) is 0.280. The van der Waals surface area contributed by atoms with Crippen LogP contribution in [0.3, 0.4) is 0 Å². The first-order valence-corrected chi connectivity index (χ1v) is 4.89. The first-order valence-electron chi connectivity index (χ1n) is 4.89. The molecule has 0 radical (unpaired) electrons. The van der Waals surface area contributed by atoms with Gasteiger partial charge in [-0.15, -0.1) is 0 Å². The fraction of sp³-hybridized carbons (Fsp3) is 0.889. The Balaban J connectivity index is 2.96. The highest BCUT2D eigenvalue weighted by molar-refractivity contribution is 5.69. The summed E-state index contributed by atoms with van der Waals surface area (Å²) in [5.74, 6) is 0.337. The first kappa shape index (κ1) is 11.3. The summed E-state index contributed by atoms with van der Waals surface area (Å²) in [4.78, 5) is 2.91. The highest BCUT2D eigenvalue weighted by atomic mass is 15.0. The lowest BCUT2D eigenvalue weighted by Crippen LogP contribution is -2.78. The molecule has 0 aliphatic carbocycles. The molecule has 0 unspecified atom stereocenters. The molecule has 0 spiro atoms. The van der Waals surface area contributed by atoms with E-state index in [1.807, 2.05) is 0 Å². The molecule has 0 fully saturated rings. The van der Waals surface area contributed by atoms with E-state index in [1.165, 1.54) is 38.5 Å². The van der Waals surface area contributed by atoms with Gasteiger partial charge in [-0.25, -0.2) is 0 Å². The second-order valence-electron chi connectivity index (χ2n) is 3.15. The minimum absolute atomic E-state index is 0.337. The average molecular weight is 172 g/mol. The molecule has 3 nitrogen and oxygen atoms in total. The highest BCUT2D eigenvalue weighted by Crippen LogP contribution is 2.03. The van der Waals surface area contributed by atoms with Crippen molar-refractivity contribution in [1.82, 2.24) is 0 Å². The molecule has 5 N–H and O–H groups in total. The number of hydrogen-bond acceptors (Lipinski definition) is 0. The summed E-state index contributed by atoms with van der Waals surface area (Å²) in [5.41, 5.74) is 10.5. The maximum absolute atomic E-state index is 5.24. The fourth-order valence-corrected chi connectivity index (χ4v) is 1.14. The van der Waals surface area contributed by atoms with Crippen molar-refractivity contribution in [2.75, 3.05) is 6.54 Å². The number of rotatable bonds is 7. The molecular formula is C9H22N3+. The lowest BCUT2D eigenvalue weighted by atomic mass is 10.1. The van der Waals surface area contributed by atoms with E-state index in [-0.39, 0.29) is 0 Å². The largest absolute Gasteiger partial charge is 0.338 e. The lowest BCUT2D eigenvalue weighted by Gasteiger charge is -1.96. The van der Waals surface area contributed by atoms with E-state index in [2.05, 4.69) is 11.9 Å². The number of guanidine groups is 1. The van der Waals surface area contributed by atoms with Crippen LogP contribution in [0.5, 0.6) is 0 Å². The van der Waals surface area contributed by atoms with E-state index in [4.69, 9.17) is 11.5 Å². The third-order valence-electron chi connectivity index (χ3n) is 1.86. The number of hydrogen-bond donors (Lipinski definition) is 3. The zero-order chi connectivity index (χ0) is 9.23. The molecule has 0 aromatic carbocycles. The van der Waals surface area contributed by atoms with Gasteiger partial charge < -0.3 is 0 Å².